The number of carbonyl (C=O) groups excluding carboxylic acids is 1. The summed E-state index contributed by atoms with van der Waals surface area (Å²) in [6.45, 7) is 3.54. The van der Waals surface area contributed by atoms with E-state index in [9.17, 15) is 14.0 Å². The van der Waals surface area contributed by atoms with Crippen molar-refractivity contribution in [3.05, 3.63) is 29.0 Å². The number of benzene rings is 1. The van der Waals surface area contributed by atoms with Gasteiger partial charge in [0.2, 0.25) is 0 Å². The van der Waals surface area contributed by atoms with Gasteiger partial charge in [0.15, 0.2) is 6.61 Å². The first-order valence-corrected chi connectivity index (χ1v) is 7.24. The molecule has 7 heteroatoms. The Hall–Kier alpha value is -1.82. The van der Waals surface area contributed by atoms with Gasteiger partial charge in [-0.1, -0.05) is 25.4 Å². The monoisotopic (exact) mass is 331 g/mol. The topological polar surface area (TPSA) is 75.6 Å². The number of carbonyl (C=O) groups is 2. The third-order valence-corrected chi connectivity index (χ3v) is 3.20. The van der Waals surface area contributed by atoms with Crippen molar-refractivity contribution >= 4 is 23.5 Å². The average Bonchev–Trinajstić information content (AvgIpc) is 2.41. The normalized spacial score (nSPS) is 12.0. The number of hydrogen-bond acceptors (Lipinski definition) is 3. The van der Waals surface area contributed by atoms with Crippen LogP contribution in [0.1, 0.15) is 20.3 Å². The van der Waals surface area contributed by atoms with Gasteiger partial charge in [-0.2, -0.15) is 0 Å². The molecule has 2 N–H and O–H groups in total. The summed E-state index contributed by atoms with van der Waals surface area (Å²) in [5, 5.41) is 11.6. The van der Waals surface area contributed by atoms with Crippen molar-refractivity contribution < 1.29 is 23.8 Å². The molecular formula is C15H19ClFNO4. The van der Waals surface area contributed by atoms with Gasteiger partial charge in [0.05, 0.1) is 10.9 Å². The van der Waals surface area contributed by atoms with Gasteiger partial charge in [-0.15, -0.1) is 0 Å². The van der Waals surface area contributed by atoms with Crippen molar-refractivity contribution in [2.75, 3.05) is 13.2 Å². The van der Waals surface area contributed by atoms with Crippen LogP contribution in [0.5, 0.6) is 5.75 Å². The van der Waals surface area contributed by atoms with E-state index >= 15 is 0 Å². The Balaban J connectivity index is 2.44. The Kier molecular flexibility index (Phi) is 7.11. The Morgan fingerprint density at radius 3 is 2.64 bits per heavy atom. The van der Waals surface area contributed by atoms with Crippen LogP contribution in [0.15, 0.2) is 18.2 Å². The Labute approximate surface area is 133 Å². The van der Waals surface area contributed by atoms with E-state index in [4.69, 9.17) is 21.4 Å². The highest BCUT2D eigenvalue weighted by atomic mass is 35.5. The van der Waals surface area contributed by atoms with Gasteiger partial charge in [0.1, 0.15) is 11.6 Å². The van der Waals surface area contributed by atoms with E-state index in [0.717, 1.165) is 6.07 Å². The molecule has 0 aliphatic carbocycles. The number of ether oxygens (including phenoxy) is 1. The molecule has 0 aliphatic heterocycles. The van der Waals surface area contributed by atoms with Gasteiger partial charge in [-0.05, 0) is 30.5 Å². The lowest BCUT2D eigenvalue weighted by molar-refractivity contribution is -0.142. The second-order valence-corrected chi connectivity index (χ2v) is 5.74. The zero-order valence-corrected chi connectivity index (χ0v) is 13.2. The lowest BCUT2D eigenvalue weighted by atomic mass is 9.97. The van der Waals surface area contributed by atoms with Crippen LogP contribution in [0.4, 0.5) is 4.39 Å². The lowest BCUT2D eigenvalue weighted by Gasteiger charge is -2.15. The van der Waals surface area contributed by atoms with Crippen LogP contribution in [-0.4, -0.2) is 30.1 Å². The van der Waals surface area contributed by atoms with Crippen LogP contribution in [0, 0.1) is 17.7 Å². The van der Waals surface area contributed by atoms with Crippen molar-refractivity contribution in [3.8, 4) is 5.75 Å². The van der Waals surface area contributed by atoms with Crippen molar-refractivity contribution in [2.24, 2.45) is 11.8 Å². The first-order valence-electron chi connectivity index (χ1n) is 6.87. The van der Waals surface area contributed by atoms with Gasteiger partial charge >= 0.3 is 5.97 Å². The molecule has 0 saturated carbocycles. The molecule has 22 heavy (non-hydrogen) atoms. The molecule has 0 aliphatic rings. The minimum atomic E-state index is -0.948. The van der Waals surface area contributed by atoms with E-state index in [1.807, 2.05) is 13.8 Å². The Morgan fingerprint density at radius 1 is 1.41 bits per heavy atom. The first kappa shape index (κ1) is 18.2. The average molecular weight is 332 g/mol. The molecule has 0 radical (unpaired) electrons. The second-order valence-electron chi connectivity index (χ2n) is 5.33. The SMILES string of the molecule is CC(C)CC(CNC(=O)COc1ccc(F)cc1Cl)C(=O)O. The number of rotatable bonds is 8. The zero-order chi connectivity index (χ0) is 16.7. The molecule has 1 rings (SSSR count). The Bertz CT molecular complexity index is 536. The maximum absolute atomic E-state index is 12.9. The first-order chi connectivity index (χ1) is 10.3. The number of halogens is 2. The highest BCUT2D eigenvalue weighted by Gasteiger charge is 2.19. The van der Waals surface area contributed by atoms with Gasteiger partial charge < -0.3 is 15.2 Å². The third kappa shape index (κ3) is 6.30. The fraction of sp³-hybridized carbons (Fsp3) is 0.467. The summed E-state index contributed by atoms with van der Waals surface area (Å²) in [7, 11) is 0. The summed E-state index contributed by atoms with van der Waals surface area (Å²) < 4.78 is 18.0. The number of carboxylic acids is 1. The molecule has 0 spiro atoms. The van der Waals surface area contributed by atoms with Crippen molar-refractivity contribution in [1.29, 1.82) is 0 Å². The van der Waals surface area contributed by atoms with Crippen LogP contribution in [-0.2, 0) is 9.59 Å². The van der Waals surface area contributed by atoms with E-state index in [1.54, 1.807) is 0 Å². The molecule has 122 valence electrons. The summed E-state index contributed by atoms with van der Waals surface area (Å²) in [4.78, 5) is 22.7. The predicted molar refractivity (Wildman–Crippen MR) is 80.5 cm³/mol. The standard InChI is InChI=1S/C15H19ClFNO4/c1-9(2)5-10(15(20)21)7-18-14(19)8-22-13-4-3-11(17)6-12(13)16/h3-4,6,9-10H,5,7-8H2,1-2H3,(H,18,19)(H,20,21). The molecule has 1 atom stereocenters. The molecule has 0 saturated heterocycles. The number of carboxylic acid groups (broad SMARTS) is 1. The maximum Gasteiger partial charge on any atom is 0.308 e. The smallest absolute Gasteiger partial charge is 0.308 e. The molecule has 0 fully saturated rings. The van der Waals surface area contributed by atoms with Gasteiger partial charge in [0.25, 0.3) is 5.91 Å². The van der Waals surface area contributed by atoms with Crippen LogP contribution in [0.2, 0.25) is 5.02 Å². The third-order valence-electron chi connectivity index (χ3n) is 2.90. The van der Waals surface area contributed by atoms with Crippen LogP contribution in [0.3, 0.4) is 0 Å². The van der Waals surface area contributed by atoms with E-state index < -0.39 is 23.6 Å². The minimum absolute atomic E-state index is 0.0346. The maximum atomic E-state index is 12.9. The lowest BCUT2D eigenvalue weighted by Crippen LogP contribution is -2.36. The summed E-state index contributed by atoms with van der Waals surface area (Å²) >= 11 is 5.76. The molecule has 1 unspecified atom stereocenters. The fourth-order valence-corrected chi connectivity index (χ4v) is 2.09. The van der Waals surface area contributed by atoms with Crippen molar-refractivity contribution in [3.63, 3.8) is 0 Å². The van der Waals surface area contributed by atoms with E-state index in [2.05, 4.69) is 5.32 Å². The fourth-order valence-electron chi connectivity index (χ4n) is 1.86. The van der Waals surface area contributed by atoms with E-state index in [1.165, 1.54) is 12.1 Å². The van der Waals surface area contributed by atoms with Crippen molar-refractivity contribution in [2.45, 2.75) is 20.3 Å². The van der Waals surface area contributed by atoms with E-state index in [0.29, 0.717) is 6.42 Å². The molecule has 0 bridgehead atoms. The van der Waals surface area contributed by atoms with Gasteiger partial charge in [0, 0.05) is 6.54 Å². The number of nitrogens with one attached hydrogen (secondary N) is 1. The molecular weight excluding hydrogens is 313 g/mol. The summed E-state index contributed by atoms with van der Waals surface area (Å²) in [6, 6.07) is 3.57. The number of hydrogen-bond donors (Lipinski definition) is 2. The van der Waals surface area contributed by atoms with Gasteiger partial charge in [-0.25, -0.2) is 4.39 Å². The largest absolute Gasteiger partial charge is 0.482 e. The highest BCUT2D eigenvalue weighted by molar-refractivity contribution is 6.32. The quantitative estimate of drug-likeness (QED) is 0.768. The number of amides is 1. The van der Waals surface area contributed by atoms with Gasteiger partial charge in [-0.3, -0.25) is 9.59 Å². The molecule has 1 aromatic carbocycles. The molecule has 0 aromatic heterocycles. The summed E-state index contributed by atoms with van der Waals surface area (Å²) in [5.74, 6) is -2.15. The molecule has 5 nitrogen and oxygen atoms in total. The second kappa shape index (κ2) is 8.58. The van der Waals surface area contributed by atoms with E-state index in [-0.39, 0.29) is 29.8 Å². The van der Waals surface area contributed by atoms with Crippen LogP contribution < -0.4 is 10.1 Å². The minimum Gasteiger partial charge on any atom is -0.482 e. The zero-order valence-electron chi connectivity index (χ0n) is 12.4. The summed E-state index contributed by atoms with van der Waals surface area (Å²) in [6.07, 6.45) is 0.472. The molecule has 0 heterocycles. The van der Waals surface area contributed by atoms with Crippen molar-refractivity contribution in [1.82, 2.24) is 5.32 Å². The predicted octanol–water partition coefficient (Wildman–Crippen LogP) is 2.72. The highest BCUT2D eigenvalue weighted by Crippen LogP contribution is 2.24. The molecule has 1 amide bonds. The molecule has 1 aromatic rings. The van der Waals surface area contributed by atoms with Crippen LogP contribution >= 0.6 is 11.6 Å². The summed E-state index contributed by atoms with van der Waals surface area (Å²) in [5.41, 5.74) is 0. The van der Waals surface area contributed by atoms with Crippen LogP contribution in [0.25, 0.3) is 0 Å². The Morgan fingerprint density at radius 2 is 2.09 bits per heavy atom. The number of aliphatic carboxylic acids is 1.